The summed E-state index contributed by atoms with van der Waals surface area (Å²) in [7, 11) is 0. The van der Waals surface area contributed by atoms with Crippen LogP contribution in [0.25, 0.3) is 0 Å². The van der Waals surface area contributed by atoms with Crippen LogP contribution in [0.2, 0.25) is 0 Å². The predicted molar refractivity (Wildman–Crippen MR) is 67.5 cm³/mol. The maximum absolute atomic E-state index is 5.42. The molecule has 0 aromatic carbocycles. The van der Waals surface area contributed by atoms with Gasteiger partial charge in [0.05, 0.1) is 10.7 Å². The van der Waals surface area contributed by atoms with Crippen LogP contribution in [-0.4, -0.2) is 23.1 Å². The molecule has 0 aliphatic heterocycles. The van der Waals surface area contributed by atoms with E-state index in [4.69, 9.17) is 11.2 Å². The van der Waals surface area contributed by atoms with Crippen LogP contribution in [0.3, 0.4) is 0 Å². The van der Waals surface area contributed by atoms with Crippen molar-refractivity contribution in [1.29, 1.82) is 0 Å². The van der Waals surface area contributed by atoms with Crippen molar-refractivity contribution in [3.8, 4) is 18.2 Å². The average molecular weight is 284 g/mol. The number of aromatic nitrogens is 2. The van der Waals surface area contributed by atoms with Gasteiger partial charge in [-0.1, -0.05) is 6.92 Å². The van der Waals surface area contributed by atoms with Gasteiger partial charge in [0, 0.05) is 13.0 Å². The highest BCUT2D eigenvalue weighted by molar-refractivity contribution is 9.10. The molecule has 1 rings (SSSR count). The van der Waals surface area contributed by atoms with Gasteiger partial charge in [0.2, 0.25) is 11.8 Å². The Labute approximate surface area is 104 Å². The SMILES string of the molecule is C#CCCOc1nc(NCCC)ncc1Br. The Morgan fingerprint density at radius 1 is 1.62 bits per heavy atom. The molecule has 0 unspecified atom stereocenters. The summed E-state index contributed by atoms with van der Waals surface area (Å²) in [4.78, 5) is 8.34. The summed E-state index contributed by atoms with van der Waals surface area (Å²) in [5.41, 5.74) is 0. The molecule has 0 aliphatic rings. The van der Waals surface area contributed by atoms with Crippen LogP contribution >= 0.6 is 15.9 Å². The van der Waals surface area contributed by atoms with Gasteiger partial charge in [-0.3, -0.25) is 0 Å². The summed E-state index contributed by atoms with van der Waals surface area (Å²) in [5, 5.41) is 3.09. The molecule has 1 aromatic rings. The zero-order valence-corrected chi connectivity index (χ0v) is 10.7. The first-order valence-electron chi connectivity index (χ1n) is 5.10. The maximum Gasteiger partial charge on any atom is 0.232 e. The van der Waals surface area contributed by atoms with Gasteiger partial charge in [0.15, 0.2) is 0 Å². The van der Waals surface area contributed by atoms with E-state index in [1.807, 2.05) is 0 Å². The van der Waals surface area contributed by atoms with E-state index < -0.39 is 0 Å². The van der Waals surface area contributed by atoms with Gasteiger partial charge in [-0.05, 0) is 22.4 Å². The number of ether oxygens (including phenoxy) is 1. The molecule has 1 aromatic heterocycles. The summed E-state index contributed by atoms with van der Waals surface area (Å²) >= 11 is 3.32. The third-order valence-corrected chi connectivity index (χ3v) is 2.27. The minimum absolute atomic E-state index is 0.458. The molecule has 4 nitrogen and oxygen atoms in total. The lowest BCUT2D eigenvalue weighted by Crippen LogP contribution is -2.06. The lowest BCUT2D eigenvalue weighted by atomic mass is 10.5. The van der Waals surface area contributed by atoms with E-state index in [9.17, 15) is 0 Å². The molecule has 16 heavy (non-hydrogen) atoms. The van der Waals surface area contributed by atoms with Crippen LogP contribution in [0, 0.1) is 12.3 Å². The Bertz CT molecular complexity index is 376. The molecule has 0 saturated carbocycles. The topological polar surface area (TPSA) is 47.0 Å². The van der Waals surface area contributed by atoms with Crippen molar-refractivity contribution in [2.75, 3.05) is 18.5 Å². The highest BCUT2D eigenvalue weighted by atomic mass is 79.9. The Hall–Kier alpha value is -1.28. The first kappa shape index (κ1) is 12.8. The van der Waals surface area contributed by atoms with Crippen LogP contribution in [0.4, 0.5) is 5.95 Å². The van der Waals surface area contributed by atoms with Crippen molar-refractivity contribution in [2.45, 2.75) is 19.8 Å². The molecule has 0 saturated heterocycles. The van der Waals surface area contributed by atoms with Crippen LogP contribution in [0.1, 0.15) is 19.8 Å². The van der Waals surface area contributed by atoms with Gasteiger partial charge < -0.3 is 10.1 Å². The summed E-state index contributed by atoms with van der Waals surface area (Å²) in [6.07, 6.45) is 8.39. The van der Waals surface area contributed by atoms with Gasteiger partial charge in [-0.2, -0.15) is 4.98 Å². The quantitative estimate of drug-likeness (QED) is 0.644. The maximum atomic E-state index is 5.42. The second-order valence-electron chi connectivity index (χ2n) is 3.08. The van der Waals surface area contributed by atoms with Gasteiger partial charge in [-0.15, -0.1) is 12.3 Å². The molecule has 0 bridgehead atoms. The van der Waals surface area contributed by atoms with E-state index in [0.29, 0.717) is 24.9 Å². The number of terminal acetylenes is 1. The standard InChI is InChI=1S/C11H14BrN3O/c1-3-5-7-16-10-9(12)8-14-11(15-10)13-6-4-2/h1,8H,4-7H2,2H3,(H,13,14,15). The largest absolute Gasteiger partial charge is 0.476 e. The summed E-state index contributed by atoms with van der Waals surface area (Å²) in [6, 6.07) is 0. The first-order valence-corrected chi connectivity index (χ1v) is 5.90. The minimum atomic E-state index is 0.458. The lowest BCUT2D eigenvalue weighted by Gasteiger charge is -2.07. The highest BCUT2D eigenvalue weighted by Gasteiger charge is 2.05. The van der Waals surface area contributed by atoms with Crippen LogP contribution < -0.4 is 10.1 Å². The fourth-order valence-corrected chi connectivity index (χ4v) is 1.29. The molecule has 86 valence electrons. The Morgan fingerprint density at radius 2 is 2.44 bits per heavy atom. The highest BCUT2D eigenvalue weighted by Crippen LogP contribution is 2.22. The van der Waals surface area contributed by atoms with Crippen LogP contribution in [-0.2, 0) is 0 Å². The van der Waals surface area contributed by atoms with Crippen molar-refractivity contribution >= 4 is 21.9 Å². The van der Waals surface area contributed by atoms with Crippen LogP contribution in [0.5, 0.6) is 5.88 Å². The van der Waals surface area contributed by atoms with Crippen molar-refractivity contribution in [3.05, 3.63) is 10.7 Å². The van der Waals surface area contributed by atoms with Gasteiger partial charge in [-0.25, -0.2) is 4.98 Å². The molecular weight excluding hydrogens is 270 g/mol. The third kappa shape index (κ3) is 4.07. The molecular formula is C11H14BrN3O. The van der Waals surface area contributed by atoms with E-state index in [2.05, 4.69) is 44.1 Å². The number of nitrogens with zero attached hydrogens (tertiary/aromatic N) is 2. The minimum Gasteiger partial charge on any atom is -0.476 e. The second kappa shape index (κ2) is 7.07. The molecule has 0 radical (unpaired) electrons. The normalized spacial score (nSPS) is 9.56. The van der Waals surface area contributed by atoms with E-state index in [0.717, 1.165) is 17.4 Å². The number of hydrogen-bond acceptors (Lipinski definition) is 4. The molecule has 0 amide bonds. The zero-order valence-electron chi connectivity index (χ0n) is 9.16. The molecule has 0 fully saturated rings. The lowest BCUT2D eigenvalue weighted by molar-refractivity contribution is 0.312. The molecule has 1 heterocycles. The van der Waals surface area contributed by atoms with Gasteiger partial charge in [0.1, 0.15) is 6.61 Å². The van der Waals surface area contributed by atoms with Gasteiger partial charge >= 0.3 is 0 Å². The van der Waals surface area contributed by atoms with Crippen molar-refractivity contribution in [3.63, 3.8) is 0 Å². The summed E-state index contributed by atoms with van der Waals surface area (Å²) in [6.45, 7) is 3.38. The smallest absolute Gasteiger partial charge is 0.232 e. The first-order chi connectivity index (χ1) is 7.77. The third-order valence-electron chi connectivity index (χ3n) is 1.73. The van der Waals surface area contributed by atoms with E-state index >= 15 is 0 Å². The molecule has 0 atom stereocenters. The summed E-state index contributed by atoms with van der Waals surface area (Å²) < 4.78 is 6.15. The van der Waals surface area contributed by atoms with Crippen LogP contribution in [0.15, 0.2) is 10.7 Å². The number of halogens is 1. The molecule has 5 heteroatoms. The monoisotopic (exact) mass is 283 g/mol. The second-order valence-corrected chi connectivity index (χ2v) is 3.93. The molecule has 0 spiro atoms. The van der Waals surface area contributed by atoms with E-state index in [1.54, 1.807) is 6.20 Å². The number of rotatable bonds is 6. The Balaban J connectivity index is 2.63. The molecule has 0 aliphatic carbocycles. The zero-order chi connectivity index (χ0) is 11.8. The van der Waals surface area contributed by atoms with Gasteiger partial charge in [0.25, 0.3) is 0 Å². The number of nitrogens with one attached hydrogen (secondary N) is 1. The molecule has 1 N–H and O–H groups in total. The van der Waals surface area contributed by atoms with Crippen molar-refractivity contribution in [2.24, 2.45) is 0 Å². The van der Waals surface area contributed by atoms with E-state index in [-0.39, 0.29) is 0 Å². The predicted octanol–water partition coefficient (Wildman–Crippen LogP) is 2.46. The number of hydrogen-bond donors (Lipinski definition) is 1. The Morgan fingerprint density at radius 3 is 3.12 bits per heavy atom. The fraction of sp³-hybridized carbons (Fsp3) is 0.455. The van der Waals surface area contributed by atoms with Crippen molar-refractivity contribution in [1.82, 2.24) is 9.97 Å². The summed E-state index contributed by atoms with van der Waals surface area (Å²) in [5.74, 6) is 3.59. The number of anilines is 1. The Kier molecular flexibility index (Phi) is 5.65. The fourth-order valence-electron chi connectivity index (χ4n) is 0.981. The van der Waals surface area contributed by atoms with E-state index in [1.165, 1.54) is 0 Å². The average Bonchev–Trinajstić information content (AvgIpc) is 2.30. The van der Waals surface area contributed by atoms with Crippen molar-refractivity contribution < 1.29 is 4.74 Å².